The summed E-state index contributed by atoms with van der Waals surface area (Å²) in [6.45, 7) is 2.15. The molecule has 2 rings (SSSR count). The van der Waals surface area contributed by atoms with E-state index in [9.17, 15) is 5.11 Å². The zero-order chi connectivity index (χ0) is 13.0. The molecule has 18 heavy (non-hydrogen) atoms. The van der Waals surface area contributed by atoms with E-state index in [1.54, 1.807) is 0 Å². The maximum atomic E-state index is 9.55. The van der Waals surface area contributed by atoms with Crippen LogP contribution in [-0.2, 0) is 18.3 Å². The number of aliphatic hydroxyl groups excluding tert-OH is 1. The fraction of sp³-hybridized carbons (Fsp3) is 0.615. The van der Waals surface area contributed by atoms with Crippen LogP contribution in [0.1, 0.15) is 24.1 Å². The SMILES string of the molecule is Cn1cc(CNC2(CO)CCOCC2)cc1C#N. The quantitative estimate of drug-likeness (QED) is 0.816. The lowest BCUT2D eigenvalue weighted by Crippen LogP contribution is -2.51. The number of ether oxygens (including phenoxy) is 1. The number of aryl methyl sites for hydroxylation is 1. The van der Waals surface area contributed by atoms with Gasteiger partial charge in [-0.15, -0.1) is 0 Å². The lowest BCUT2D eigenvalue weighted by atomic mass is 9.91. The van der Waals surface area contributed by atoms with Crippen molar-refractivity contribution >= 4 is 0 Å². The molecule has 1 aromatic rings. The Hall–Kier alpha value is -1.35. The number of nitriles is 1. The lowest BCUT2D eigenvalue weighted by molar-refractivity contribution is 0.0112. The van der Waals surface area contributed by atoms with Crippen LogP contribution in [0.15, 0.2) is 12.3 Å². The van der Waals surface area contributed by atoms with Gasteiger partial charge < -0.3 is 19.7 Å². The smallest absolute Gasteiger partial charge is 0.120 e. The number of nitrogens with one attached hydrogen (secondary N) is 1. The van der Waals surface area contributed by atoms with E-state index in [1.165, 1.54) is 0 Å². The van der Waals surface area contributed by atoms with Crippen molar-refractivity contribution in [1.29, 1.82) is 5.26 Å². The molecule has 0 aromatic carbocycles. The van der Waals surface area contributed by atoms with E-state index in [2.05, 4.69) is 11.4 Å². The van der Waals surface area contributed by atoms with Gasteiger partial charge in [-0.25, -0.2) is 0 Å². The van der Waals surface area contributed by atoms with Crippen LogP contribution in [0.3, 0.4) is 0 Å². The van der Waals surface area contributed by atoms with Crippen LogP contribution in [0.4, 0.5) is 0 Å². The Bertz CT molecular complexity index is 442. The summed E-state index contributed by atoms with van der Waals surface area (Å²) in [5, 5.41) is 21.9. The molecule has 0 amide bonds. The van der Waals surface area contributed by atoms with Gasteiger partial charge in [-0.1, -0.05) is 0 Å². The zero-order valence-electron chi connectivity index (χ0n) is 10.6. The molecule has 0 radical (unpaired) electrons. The molecule has 1 fully saturated rings. The van der Waals surface area contributed by atoms with Gasteiger partial charge >= 0.3 is 0 Å². The molecule has 1 aliphatic heterocycles. The van der Waals surface area contributed by atoms with Gasteiger partial charge in [0.1, 0.15) is 11.8 Å². The second-order valence-corrected chi connectivity index (χ2v) is 4.86. The Labute approximate surface area is 107 Å². The van der Waals surface area contributed by atoms with Crippen LogP contribution in [0.25, 0.3) is 0 Å². The molecule has 1 saturated heterocycles. The fourth-order valence-corrected chi connectivity index (χ4v) is 2.28. The minimum atomic E-state index is -0.235. The Morgan fingerprint density at radius 3 is 2.83 bits per heavy atom. The second kappa shape index (κ2) is 5.53. The number of aliphatic hydroxyl groups is 1. The number of nitrogens with zero attached hydrogens (tertiary/aromatic N) is 2. The van der Waals surface area contributed by atoms with Crippen molar-refractivity contribution in [2.75, 3.05) is 19.8 Å². The molecule has 0 saturated carbocycles. The first-order valence-corrected chi connectivity index (χ1v) is 6.18. The standard InChI is InChI=1S/C13H19N3O2/c1-16-9-11(6-12(16)7-14)8-15-13(10-17)2-4-18-5-3-13/h6,9,15,17H,2-5,8,10H2,1H3. The molecule has 0 atom stereocenters. The van der Waals surface area contributed by atoms with Gasteiger partial charge in [0.15, 0.2) is 0 Å². The van der Waals surface area contributed by atoms with Crippen LogP contribution in [0.2, 0.25) is 0 Å². The Morgan fingerprint density at radius 1 is 1.56 bits per heavy atom. The summed E-state index contributed by atoms with van der Waals surface area (Å²) < 4.78 is 7.13. The third-order valence-electron chi connectivity index (χ3n) is 3.60. The topological polar surface area (TPSA) is 70.2 Å². The molecule has 5 heteroatoms. The summed E-state index contributed by atoms with van der Waals surface area (Å²) in [6, 6.07) is 4.02. The molecule has 98 valence electrons. The Kier molecular flexibility index (Phi) is 4.02. The molecule has 1 aromatic heterocycles. The third-order valence-corrected chi connectivity index (χ3v) is 3.60. The number of hydrogen-bond acceptors (Lipinski definition) is 4. The van der Waals surface area contributed by atoms with Gasteiger partial charge in [0.05, 0.1) is 6.61 Å². The van der Waals surface area contributed by atoms with Crippen LogP contribution in [-0.4, -0.2) is 35.0 Å². The molecule has 5 nitrogen and oxygen atoms in total. The summed E-state index contributed by atoms with van der Waals surface area (Å²) in [7, 11) is 1.86. The molecule has 0 bridgehead atoms. The van der Waals surface area contributed by atoms with Crippen LogP contribution in [0.5, 0.6) is 0 Å². The highest BCUT2D eigenvalue weighted by atomic mass is 16.5. The summed E-state index contributed by atoms with van der Waals surface area (Å²) in [6.07, 6.45) is 3.58. The van der Waals surface area contributed by atoms with Gasteiger partial charge in [0.2, 0.25) is 0 Å². The lowest BCUT2D eigenvalue weighted by Gasteiger charge is -2.36. The van der Waals surface area contributed by atoms with E-state index in [1.807, 2.05) is 23.9 Å². The molecule has 2 heterocycles. The van der Waals surface area contributed by atoms with Crippen molar-refractivity contribution < 1.29 is 9.84 Å². The average molecular weight is 249 g/mol. The second-order valence-electron chi connectivity index (χ2n) is 4.86. The van der Waals surface area contributed by atoms with Crippen molar-refractivity contribution in [2.45, 2.75) is 24.9 Å². The Morgan fingerprint density at radius 2 is 2.28 bits per heavy atom. The largest absolute Gasteiger partial charge is 0.394 e. The van der Waals surface area contributed by atoms with Crippen molar-refractivity contribution in [2.24, 2.45) is 7.05 Å². The molecule has 2 N–H and O–H groups in total. The van der Waals surface area contributed by atoms with Gasteiger partial charge in [-0.3, -0.25) is 0 Å². The predicted molar refractivity (Wildman–Crippen MR) is 66.8 cm³/mol. The molecule has 0 aliphatic carbocycles. The predicted octanol–water partition coefficient (Wildman–Crippen LogP) is 0.528. The molecule has 1 aliphatic rings. The first-order chi connectivity index (χ1) is 8.69. The van der Waals surface area contributed by atoms with Crippen LogP contribution in [0, 0.1) is 11.3 Å². The van der Waals surface area contributed by atoms with Crippen molar-refractivity contribution in [3.05, 3.63) is 23.5 Å². The monoisotopic (exact) mass is 249 g/mol. The zero-order valence-corrected chi connectivity index (χ0v) is 10.6. The number of hydrogen-bond donors (Lipinski definition) is 2. The summed E-state index contributed by atoms with van der Waals surface area (Å²) in [5.41, 5.74) is 1.48. The highest BCUT2D eigenvalue weighted by molar-refractivity contribution is 5.28. The van der Waals surface area contributed by atoms with E-state index < -0.39 is 0 Å². The fourth-order valence-electron chi connectivity index (χ4n) is 2.28. The highest BCUT2D eigenvalue weighted by Gasteiger charge is 2.31. The van der Waals surface area contributed by atoms with E-state index in [0.29, 0.717) is 25.5 Å². The van der Waals surface area contributed by atoms with Crippen molar-refractivity contribution in [3.8, 4) is 6.07 Å². The molecule has 0 spiro atoms. The van der Waals surface area contributed by atoms with E-state index in [4.69, 9.17) is 10.00 Å². The minimum Gasteiger partial charge on any atom is -0.394 e. The maximum absolute atomic E-state index is 9.55. The number of rotatable bonds is 4. The van der Waals surface area contributed by atoms with Crippen LogP contribution < -0.4 is 5.32 Å². The van der Waals surface area contributed by atoms with E-state index in [0.717, 1.165) is 18.4 Å². The van der Waals surface area contributed by atoms with Gasteiger partial charge in [-0.2, -0.15) is 5.26 Å². The maximum Gasteiger partial charge on any atom is 0.120 e. The average Bonchev–Trinajstić information content (AvgIpc) is 2.78. The van der Waals surface area contributed by atoms with Crippen molar-refractivity contribution in [1.82, 2.24) is 9.88 Å². The summed E-state index contributed by atoms with van der Waals surface area (Å²) in [5.74, 6) is 0. The van der Waals surface area contributed by atoms with E-state index >= 15 is 0 Å². The summed E-state index contributed by atoms with van der Waals surface area (Å²) >= 11 is 0. The van der Waals surface area contributed by atoms with Gasteiger partial charge in [-0.05, 0) is 24.5 Å². The van der Waals surface area contributed by atoms with Crippen LogP contribution >= 0.6 is 0 Å². The molecular formula is C13H19N3O2. The molecule has 0 unspecified atom stereocenters. The molecular weight excluding hydrogens is 230 g/mol. The third kappa shape index (κ3) is 2.72. The summed E-state index contributed by atoms with van der Waals surface area (Å²) in [4.78, 5) is 0. The minimum absolute atomic E-state index is 0.119. The number of aromatic nitrogens is 1. The normalized spacial score (nSPS) is 18.5. The van der Waals surface area contributed by atoms with E-state index in [-0.39, 0.29) is 12.1 Å². The first kappa shape index (κ1) is 13.1. The van der Waals surface area contributed by atoms with Crippen molar-refractivity contribution in [3.63, 3.8) is 0 Å². The first-order valence-electron chi connectivity index (χ1n) is 6.18. The highest BCUT2D eigenvalue weighted by Crippen LogP contribution is 2.21. The van der Waals surface area contributed by atoms with Gasteiger partial charge in [0, 0.05) is 38.5 Å². The van der Waals surface area contributed by atoms with Gasteiger partial charge in [0.25, 0.3) is 0 Å². The Balaban J connectivity index is 1.99.